The van der Waals surface area contributed by atoms with E-state index in [-0.39, 0.29) is 0 Å². The van der Waals surface area contributed by atoms with Crippen LogP contribution in [0.15, 0.2) is 17.1 Å². The summed E-state index contributed by atoms with van der Waals surface area (Å²) in [4.78, 5) is 5.13. The molecule has 0 spiro atoms. The zero-order valence-corrected chi connectivity index (χ0v) is 22.9. The van der Waals surface area contributed by atoms with Gasteiger partial charge >= 0.3 is 0 Å². The summed E-state index contributed by atoms with van der Waals surface area (Å²) >= 11 is 0. The van der Waals surface area contributed by atoms with Gasteiger partial charge in [0.2, 0.25) is 0 Å². The number of hydrogen-bond acceptors (Lipinski definition) is 1. The Morgan fingerprint density at radius 3 is 1.79 bits per heavy atom. The zero-order chi connectivity index (χ0) is 23.9. The van der Waals surface area contributed by atoms with Crippen LogP contribution in [0, 0.1) is 0 Å². The fourth-order valence-electron chi connectivity index (χ4n) is 5.55. The molecule has 0 aliphatic heterocycles. The monoisotopic (exact) mass is 473 g/mol. The molecule has 0 saturated heterocycles. The summed E-state index contributed by atoms with van der Waals surface area (Å²) in [6.45, 7) is 3.37. The molecule has 3 heteroatoms. The molecular formula is C31H59N3. The lowest BCUT2D eigenvalue weighted by Crippen LogP contribution is -2.45. The van der Waals surface area contributed by atoms with Crippen LogP contribution in [0.1, 0.15) is 161 Å². The van der Waals surface area contributed by atoms with Crippen LogP contribution in [0.5, 0.6) is 0 Å². The van der Waals surface area contributed by atoms with Gasteiger partial charge < -0.3 is 10.6 Å². The first-order valence-electron chi connectivity index (χ1n) is 15.6. The van der Waals surface area contributed by atoms with E-state index in [9.17, 15) is 0 Å². The van der Waals surface area contributed by atoms with Crippen molar-refractivity contribution in [3.8, 4) is 0 Å². The fourth-order valence-corrected chi connectivity index (χ4v) is 5.55. The molecule has 2 saturated carbocycles. The van der Waals surface area contributed by atoms with Crippen LogP contribution in [0.3, 0.4) is 0 Å². The Balaban J connectivity index is 1.45. The van der Waals surface area contributed by atoms with E-state index < -0.39 is 0 Å². The van der Waals surface area contributed by atoms with E-state index in [4.69, 9.17) is 4.99 Å². The molecule has 0 aromatic heterocycles. The number of nitrogens with zero attached hydrogens (tertiary/aromatic N) is 1. The van der Waals surface area contributed by atoms with Gasteiger partial charge in [0.05, 0.1) is 6.04 Å². The summed E-state index contributed by atoms with van der Waals surface area (Å²) in [5.74, 6) is 1.12. The van der Waals surface area contributed by atoms with Crippen molar-refractivity contribution in [3.05, 3.63) is 12.2 Å². The molecule has 0 unspecified atom stereocenters. The van der Waals surface area contributed by atoms with Gasteiger partial charge in [-0.15, -0.1) is 0 Å². The summed E-state index contributed by atoms with van der Waals surface area (Å²) in [6, 6.07) is 1.19. The Labute approximate surface area is 213 Å². The molecule has 3 nitrogen and oxygen atoms in total. The third kappa shape index (κ3) is 15.8. The highest BCUT2D eigenvalue weighted by molar-refractivity contribution is 5.80. The maximum Gasteiger partial charge on any atom is 0.191 e. The van der Waals surface area contributed by atoms with Crippen molar-refractivity contribution < 1.29 is 0 Å². The smallest absolute Gasteiger partial charge is 0.191 e. The number of hydrogen-bond donors (Lipinski definition) is 2. The maximum atomic E-state index is 5.13. The number of allylic oxidation sites excluding steroid dienone is 2. The number of aliphatic imine (C=N–C) groups is 1. The van der Waals surface area contributed by atoms with Crippen molar-refractivity contribution >= 4 is 5.96 Å². The summed E-state index contributed by atoms with van der Waals surface area (Å²) in [6.07, 6.45) is 37.5. The predicted molar refractivity (Wildman–Crippen MR) is 152 cm³/mol. The summed E-state index contributed by atoms with van der Waals surface area (Å²) in [7, 11) is 0. The van der Waals surface area contributed by atoms with Crippen molar-refractivity contribution in [1.29, 1.82) is 0 Å². The molecule has 2 fully saturated rings. The van der Waals surface area contributed by atoms with Gasteiger partial charge in [0.15, 0.2) is 5.96 Å². The molecule has 2 N–H and O–H groups in total. The lowest BCUT2D eigenvalue weighted by Gasteiger charge is -2.27. The maximum absolute atomic E-state index is 5.13. The van der Waals surface area contributed by atoms with Crippen molar-refractivity contribution in [3.63, 3.8) is 0 Å². The minimum Gasteiger partial charge on any atom is -0.356 e. The third-order valence-corrected chi connectivity index (χ3v) is 7.81. The quantitative estimate of drug-likeness (QED) is 0.0900. The van der Waals surface area contributed by atoms with E-state index in [1.165, 1.54) is 154 Å². The Morgan fingerprint density at radius 1 is 0.647 bits per heavy atom. The lowest BCUT2D eigenvalue weighted by atomic mass is 9.95. The first-order valence-corrected chi connectivity index (χ1v) is 15.6. The molecule has 0 heterocycles. The van der Waals surface area contributed by atoms with E-state index in [1.54, 1.807) is 0 Å². The largest absolute Gasteiger partial charge is 0.356 e. The normalized spacial score (nSPS) is 18.6. The van der Waals surface area contributed by atoms with E-state index >= 15 is 0 Å². The van der Waals surface area contributed by atoms with Gasteiger partial charge in [0.25, 0.3) is 0 Å². The highest BCUT2D eigenvalue weighted by Crippen LogP contribution is 2.21. The van der Waals surface area contributed by atoms with Gasteiger partial charge in [-0.2, -0.15) is 0 Å². The Morgan fingerprint density at radius 2 is 1.18 bits per heavy atom. The first-order chi connectivity index (χ1) is 16.9. The van der Waals surface area contributed by atoms with Crippen molar-refractivity contribution in [2.75, 3.05) is 6.54 Å². The van der Waals surface area contributed by atoms with Crippen LogP contribution in [0.4, 0.5) is 0 Å². The number of guanidine groups is 1. The van der Waals surface area contributed by atoms with E-state index in [1.807, 2.05) is 0 Å². The fraction of sp³-hybridized carbons (Fsp3) is 0.903. The van der Waals surface area contributed by atoms with Crippen LogP contribution in [0.2, 0.25) is 0 Å². The van der Waals surface area contributed by atoms with Crippen LogP contribution in [-0.4, -0.2) is 24.6 Å². The van der Waals surface area contributed by atoms with Crippen LogP contribution in [0.25, 0.3) is 0 Å². The van der Waals surface area contributed by atoms with E-state index in [0.29, 0.717) is 12.1 Å². The van der Waals surface area contributed by atoms with Gasteiger partial charge in [-0.1, -0.05) is 115 Å². The SMILES string of the molecule is CCCCCCCC/C=C\CCCCCCCCN/C(=N\C1CCCCC1)NC1CCCCC1. The predicted octanol–water partition coefficient (Wildman–Crippen LogP) is 9.22. The standard InChI is InChI=1S/C31H59N3/c1-2-3-4-5-6-7-8-9-10-11-12-13-14-15-16-23-28-32-31(33-29-24-19-17-20-25-29)34-30-26-21-18-22-27-30/h9-10,29-30H,2-8,11-28H2,1H3,(H2,32,33,34)/b10-9-. The molecule has 198 valence electrons. The summed E-state index contributed by atoms with van der Waals surface area (Å²) < 4.78 is 0. The molecule has 34 heavy (non-hydrogen) atoms. The number of unbranched alkanes of at least 4 members (excludes halogenated alkanes) is 12. The van der Waals surface area contributed by atoms with E-state index in [0.717, 1.165) is 12.5 Å². The van der Waals surface area contributed by atoms with E-state index in [2.05, 4.69) is 29.7 Å². The van der Waals surface area contributed by atoms with Gasteiger partial charge in [-0.3, -0.25) is 0 Å². The molecule has 0 amide bonds. The Kier molecular flexibility index (Phi) is 18.3. The second-order valence-electron chi connectivity index (χ2n) is 11.1. The second kappa shape index (κ2) is 21.3. The molecule has 0 bridgehead atoms. The number of nitrogens with one attached hydrogen (secondary N) is 2. The third-order valence-electron chi connectivity index (χ3n) is 7.81. The van der Waals surface area contributed by atoms with Crippen molar-refractivity contribution in [2.24, 2.45) is 4.99 Å². The highest BCUT2D eigenvalue weighted by atomic mass is 15.2. The summed E-state index contributed by atoms with van der Waals surface area (Å²) in [5.41, 5.74) is 0. The first kappa shape index (κ1) is 29.2. The minimum absolute atomic E-state index is 0.548. The lowest BCUT2D eigenvalue weighted by molar-refractivity contribution is 0.404. The molecular weight excluding hydrogens is 414 g/mol. The van der Waals surface area contributed by atoms with Gasteiger partial charge in [-0.25, -0.2) is 4.99 Å². The van der Waals surface area contributed by atoms with Gasteiger partial charge in [0.1, 0.15) is 0 Å². The molecule has 2 aliphatic carbocycles. The molecule has 2 aliphatic rings. The van der Waals surface area contributed by atoms with Gasteiger partial charge in [-0.05, 0) is 57.8 Å². The molecule has 0 aromatic carbocycles. The van der Waals surface area contributed by atoms with Gasteiger partial charge in [0, 0.05) is 12.6 Å². The van der Waals surface area contributed by atoms with Crippen molar-refractivity contribution in [1.82, 2.24) is 10.6 Å². The molecule has 0 aromatic rings. The van der Waals surface area contributed by atoms with Crippen LogP contribution in [-0.2, 0) is 0 Å². The zero-order valence-electron chi connectivity index (χ0n) is 22.9. The minimum atomic E-state index is 0.548. The summed E-state index contributed by atoms with van der Waals surface area (Å²) in [5, 5.41) is 7.48. The average Bonchev–Trinajstić information content (AvgIpc) is 2.87. The van der Waals surface area contributed by atoms with Crippen LogP contribution < -0.4 is 10.6 Å². The number of rotatable bonds is 18. The topological polar surface area (TPSA) is 36.4 Å². The molecule has 0 radical (unpaired) electrons. The molecule has 0 atom stereocenters. The molecule has 2 rings (SSSR count). The highest BCUT2D eigenvalue weighted by Gasteiger charge is 2.17. The average molecular weight is 474 g/mol. The Hall–Kier alpha value is -0.990. The Bertz CT molecular complexity index is 501. The van der Waals surface area contributed by atoms with Crippen molar-refractivity contribution in [2.45, 2.75) is 173 Å². The van der Waals surface area contributed by atoms with Crippen LogP contribution >= 0.6 is 0 Å². The second-order valence-corrected chi connectivity index (χ2v) is 11.1.